The van der Waals surface area contributed by atoms with Gasteiger partial charge >= 0.3 is 203 Å². The number of hydrogen-bond donors (Lipinski definition) is 8. The van der Waals surface area contributed by atoms with Crippen LogP contribution in [-0.4, -0.2) is 146 Å². The molecule has 17 heteroatoms. The van der Waals surface area contributed by atoms with Gasteiger partial charge in [-0.3, -0.25) is 0 Å². The van der Waals surface area contributed by atoms with Crippen LogP contribution in [0.4, 0.5) is 0 Å². The third-order valence-corrected chi connectivity index (χ3v) is 6.51. The number of nitrogens with two attached hydrogens (primary N) is 3. The SMILES string of the molecule is [B]O[C@H]1C(N)[C@H](O[C@@H]2C(CB=O)O[C@@H](O[C@@H]3C(CO)OCC(N)[C@@H]3O)C(N)[C@@H]2O)OC(CO)[C@H]1O. The Bertz CT molecular complexity index is 687. The molecule has 3 heterocycles. The van der Waals surface area contributed by atoms with Crippen molar-refractivity contribution in [3.8, 4) is 0 Å². The van der Waals surface area contributed by atoms with Gasteiger partial charge in [-0.2, -0.15) is 0 Å². The average molecular weight is 505 g/mol. The Morgan fingerprint density at radius 1 is 0.829 bits per heavy atom. The normalized spacial score (nSPS) is 48.9. The van der Waals surface area contributed by atoms with Crippen molar-refractivity contribution >= 4 is 15.2 Å². The van der Waals surface area contributed by atoms with E-state index in [9.17, 15) is 30.2 Å². The zero-order valence-corrected chi connectivity index (χ0v) is 18.9. The molecule has 0 aromatic carbocycles. The van der Waals surface area contributed by atoms with Gasteiger partial charge in [-0.15, -0.1) is 0 Å². The molecule has 3 fully saturated rings. The predicted molar refractivity (Wildman–Crippen MR) is 115 cm³/mol. The van der Waals surface area contributed by atoms with Crippen molar-refractivity contribution in [2.75, 3.05) is 19.8 Å². The Morgan fingerprint density at radius 2 is 1.40 bits per heavy atom. The molecule has 0 aromatic heterocycles. The molecule has 11 N–H and O–H groups in total. The van der Waals surface area contributed by atoms with Crippen LogP contribution in [-0.2, 0) is 33.0 Å². The van der Waals surface area contributed by atoms with Gasteiger partial charge in [0.05, 0.1) is 0 Å². The van der Waals surface area contributed by atoms with E-state index in [2.05, 4.69) is 0 Å². The molecule has 0 bridgehead atoms. The molecule has 35 heavy (non-hydrogen) atoms. The van der Waals surface area contributed by atoms with E-state index >= 15 is 0 Å². The van der Waals surface area contributed by atoms with Gasteiger partial charge in [0.1, 0.15) is 0 Å². The molecule has 3 aliphatic heterocycles. The van der Waals surface area contributed by atoms with Gasteiger partial charge in [0.25, 0.3) is 0 Å². The van der Waals surface area contributed by atoms with Crippen molar-refractivity contribution in [3.05, 3.63) is 0 Å². The van der Waals surface area contributed by atoms with Crippen molar-refractivity contribution in [1.29, 1.82) is 0 Å². The standard InChI is InChI=1S/C18H33B2N3O12/c19-35-16-10(23)18(32-7(2-24)12(16)27)33-14-6(1-20-29)31-17(9(22)13(14)28)34-15-8(3-25)30-4-5(21)11(15)26/h5-18,24-28H,1-4,21-23H2/t5?,6?,7?,8?,9?,10?,11-,12+,13-,14+,15+,16-,17-,18-/m0/s1. The summed E-state index contributed by atoms with van der Waals surface area (Å²) in [4.78, 5) is 0. The van der Waals surface area contributed by atoms with Crippen molar-refractivity contribution in [2.45, 2.75) is 92.0 Å². The minimum atomic E-state index is -1.49. The van der Waals surface area contributed by atoms with Crippen LogP contribution in [0.25, 0.3) is 0 Å². The molecule has 0 saturated carbocycles. The number of hydrogen-bond acceptors (Lipinski definition) is 15. The first kappa shape index (κ1) is 28.9. The third-order valence-electron chi connectivity index (χ3n) is 6.51. The van der Waals surface area contributed by atoms with Crippen molar-refractivity contribution in [1.82, 2.24) is 0 Å². The first-order valence-electron chi connectivity index (χ1n) is 11.2. The first-order chi connectivity index (χ1) is 16.7. The van der Waals surface area contributed by atoms with Crippen LogP contribution >= 0.6 is 0 Å². The van der Waals surface area contributed by atoms with E-state index in [1.54, 1.807) is 0 Å². The zero-order chi connectivity index (χ0) is 25.9. The second-order valence-electron chi connectivity index (χ2n) is 8.82. The molecule has 0 aliphatic carbocycles. The summed E-state index contributed by atoms with van der Waals surface area (Å²) < 4.78 is 44.3. The third kappa shape index (κ3) is 6.10. The van der Waals surface area contributed by atoms with Gasteiger partial charge < -0.3 is 0 Å². The molecule has 0 spiro atoms. The summed E-state index contributed by atoms with van der Waals surface area (Å²) in [5, 5.41) is 50.6. The van der Waals surface area contributed by atoms with Gasteiger partial charge in [0.15, 0.2) is 0 Å². The molecule has 0 aromatic rings. The monoisotopic (exact) mass is 505 g/mol. The molecular formula is C18H33B2N3O12. The molecule has 3 saturated heterocycles. The summed E-state index contributed by atoms with van der Waals surface area (Å²) in [5.41, 5.74) is 18.0. The van der Waals surface area contributed by atoms with Crippen molar-refractivity contribution in [3.63, 3.8) is 0 Å². The van der Waals surface area contributed by atoms with E-state index < -0.39 is 98.9 Å². The van der Waals surface area contributed by atoms with E-state index in [1.165, 1.54) is 0 Å². The van der Waals surface area contributed by atoms with Crippen molar-refractivity contribution in [2.24, 2.45) is 17.2 Å². The second kappa shape index (κ2) is 12.7. The maximum atomic E-state index is 11.3. The van der Waals surface area contributed by atoms with Gasteiger partial charge in [0, 0.05) is 0 Å². The molecule has 15 nitrogen and oxygen atoms in total. The molecule has 0 amide bonds. The molecule has 3 rings (SSSR count). The molecule has 198 valence electrons. The van der Waals surface area contributed by atoms with E-state index in [-0.39, 0.29) is 12.9 Å². The number of rotatable bonds is 9. The number of aliphatic hydroxyl groups excluding tert-OH is 5. The minimum absolute atomic E-state index is 0.00514. The Morgan fingerprint density at radius 3 is 1.97 bits per heavy atom. The fourth-order valence-electron chi connectivity index (χ4n) is 4.42. The molecule has 14 atom stereocenters. The van der Waals surface area contributed by atoms with Crippen molar-refractivity contribution < 1.29 is 58.6 Å². The summed E-state index contributed by atoms with van der Waals surface area (Å²) in [6, 6.07) is -3.20. The van der Waals surface area contributed by atoms with Gasteiger partial charge in [0.2, 0.25) is 0 Å². The summed E-state index contributed by atoms with van der Waals surface area (Å²) in [6.07, 6.45) is -13.8. The second-order valence-corrected chi connectivity index (χ2v) is 8.82. The maximum absolute atomic E-state index is 11.3. The Kier molecular flexibility index (Phi) is 10.5. The van der Waals surface area contributed by atoms with Crippen LogP contribution in [0.3, 0.4) is 0 Å². The predicted octanol–water partition coefficient (Wildman–Crippen LogP) is -6.41. The Hall–Kier alpha value is -0.630. The van der Waals surface area contributed by atoms with Crippen LogP contribution in [0.2, 0.25) is 6.32 Å². The van der Waals surface area contributed by atoms with E-state index in [4.69, 9.17) is 53.6 Å². The summed E-state index contributed by atoms with van der Waals surface area (Å²) >= 11 is 0. The topological polar surface area (TPSA) is 252 Å². The quantitative estimate of drug-likeness (QED) is 0.136. The fraction of sp³-hybridized carbons (Fsp3) is 1.00. The fourth-order valence-corrected chi connectivity index (χ4v) is 4.42. The zero-order valence-electron chi connectivity index (χ0n) is 18.9. The van der Waals surface area contributed by atoms with Gasteiger partial charge in [-0.25, -0.2) is 0 Å². The Balaban J connectivity index is 1.76. The average Bonchev–Trinajstić information content (AvgIpc) is 2.84. The molecular weight excluding hydrogens is 472 g/mol. The molecule has 6 unspecified atom stereocenters. The Labute approximate surface area is 203 Å². The van der Waals surface area contributed by atoms with E-state index in [0.717, 1.165) is 0 Å². The van der Waals surface area contributed by atoms with Crippen LogP contribution in [0.1, 0.15) is 0 Å². The number of ether oxygens (including phenoxy) is 5. The molecule has 3 aliphatic rings. The summed E-state index contributed by atoms with van der Waals surface area (Å²) in [5.74, 6) is 0. The van der Waals surface area contributed by atoms with Gasteiger partial charge in [-0.1, -0.05) is 0 Å². The molecule has 2 radical (unpaired) electrons. The first-order valence-corrected chi connectivity index (χ1v) is 11.2. The summed E-state index contributed by atoms with van der Waals surface area (Å²) in [7, 11) is 5.75. The number of aliphatic hydroxyl groups is 5. The van der Waals surface area contributed by atoms with Crippen LogP contribution < -0.4 is 17.2 Å². The van der Waals surface area contributed by atoms with Crippen LogP contribution in [0.15, 0.2) is 0 Å². The van der Waals surface area contributed by atoms with E-state index in [0.29, 0.717) is 7.15 Å². The summed E-state index contributed by atoms with van der Waals surface area (Å²) in [6.45, 7) is -1.10. The van der Waals surface area contributed by atoms with Crippen LogP contribution in [0.5, 0.6) is 0 Å². The van der Waals surface area contributed by atoms with Crippen LogP contribution in [0, 0.1) is 0 Å². The van der Waals surface area contributed by atoms with Gasteiger partial charge in [-0.05, 0) is 0 Å². The van der Waals surface area contributed by atoms with E-state index in [1.807, 2.05) is 0 Å².